The van der Waals surface area contributed by atoms with Crippen LogP contribution in [0.1, 0.15) is 12.5 Å². The van der Waals surface area contributed by atoms with Crippen LogP contribution in [-0.2, 0) is 6.54 Å². The number of non-ortho nitro benzene ring substituents is 1. The number of benzene rings is 1. The van der Waals surface area contributed by atoms with Gasteiger partial charge in [0.1, 0.15) is 0 Å². The Hall–Kier alpha value is -2.55. The number of hydrogen-bond acceptors (Lipinski definition) is 3. The number of nitrogens with zero attached hydrogens (tertiary/aromatic N) is 2. The van der Waals surface area contributed by atoms with E-state index in [1.165, 1.54) is 12.1 Å². The van der Waals surface area contributed by atoms with Gasteiger partial charge in [0.25, 0.3) is 5.69 Å². The molecule has 1 aromatic carbocycles. The lowest BCUT2D eigenvalue weighted by Crippen LogP contribution is -2.37. The summed E-state index contributed by atoms with van der Waals surface area (Å²) in [4.78, 5) is 14.4. The smallest absolute Gasteiger partial charge is 0.269 e. The second-order valence-electron chi connectivity index (χ2n) is 3.68. The number of aliphatic imine (C=N–C) groups is 1. The maximum atomic E-state index is 10.5. The Bertz CT molecular complexity index is 488. The van der Waals surface area contributed by atoms with Gasteiger partial charge in [-0.25, -0.2) is 4.99 Å². The van der Waals surface area contributed by atoms with Crippen molar-refractivity contribution in [2.24, 2.45) is 4.99 Å². The summed E-state index contributed by atoms with van der Waals surface area (Å²) in [6.45, 7) is 3.51. The van der Waals surface area contributed by atoms with Gasteiger partial charge in [-0.1, -0.05) is 18.1 Å². The van der Waals surface area contributed by atoms with E-state index in [-0.39, 0.29) is 5.69 Å². The van der Waals surface area contributed by atoms with Crippen LogP contribution in [0.3, 0.4) is 0 Å². The van der Waals surface area contributed by atoms with E-state index >= 15 is 0 Å². The molecule has 0 aliphatic carbocycles. The van der Waals surface area contributed by atoms with E-state index in [2.05, 4.69) is 21.5 Å². The monoisotopic (exact) mass is 260 g/mol. The third-order valence-electron chi connectivity index (χ3n) is 2.27. The zero-order chi connectivity index (χ0) is 14.1. The lowest BCUT2D eigenvalue weighted by atomic mass is 10.2. The van der Waals surface area contributed by atoms with Gasteiger partial charge >= 0.3 is 0 Å². The van der Waals surface area contributed by atoms with Crippen LogP contribution in [0.5, 0.6) is 0 Å². The molecule has 0 fully saturated rings. The predicted octanol–water partition coefficient (Wildman–Crippen LogP) is 1.28. The Morgan fingerprint density at radius 2 is 2.11 bits per heavy atom. The summed E-state index contributed by atoms with van der Waals surface area (Å²) in [6, 6.07) is 6.30. The molecule has 100 valence electrons. The second kappa shape index (κ2) is 7.71. The van der Waals surface area contributed by atoms with Gasteiger partial charge in [0.15, 0.2) is 5.96 Å². The molecule has 0 radical (unpaired) electrons. The van der Waals surface area contributed by atoms with Crippen molar-refractivity contribution in [2.45, 2.75) is 13.5 Å². The van der Waals surface area contributed by atoms with E-state index in [0.717, 1.165) is 12.1 Å². The predicted molar refractivity (Wildman–Crippen MR) is 74.7 cm³/mol. The molecule has 0 spiro atoms. The van der Waals surface area contributed by atoms with Gasteiger partial charge in [-0.05, 0) is 12.5 Å². The first-order chi connectivity index (χ1) is 9.17. The molecule has 0 saturated heterocycles. The Morgan fingerprint density at radius 1 is 1.42 bits per heavy atom. The highest BCUT2D eigenvalue weighted by molar-refractivity contribution is 5.79. The molecule has 2 N–H and O–H groups in total. The van der Waals surface area contributed by atoms with Crippen LogP contribution < -0.4 is 10.6 Å². The summed E-state index contributed by atoms with van der Waals surface area (Å²) in [5, 5.41) is 16.5. The minimum atomic E-state index is -0.425. The quantitative estimate of drug-likeness (QED) is 0.275. The molecule has 0 aromatic heterocycles. The van der Waals surface area contributed by atoms with Crippen LogP contribution in [0.15, 0.2) is 29.3 Å². The fraction of sp³-hybridized carbons (Fsp3) is 0.308. The Kier molecular flexibility index (Phi) is 5.89. The molecule has 0 heterocycles. The molecule has 0 saturated carbocycles. The summed E-state index contributed by atoms with van der Waals surface area (Å²) in [7, 11) is 0. The number of nitrogens with one attached hydrogen (secondary N) is 2. The van der Waals surface area contributed by atoms with Crippen molar-refractivity contribution < 1.29 is 4.92 Å². The molecule has 6 nitrogen and oxygen atoms in total. The number of rotatable bonds is 5. The molecular weight excluding hydrogens is 244 g/mol. The molecule has 19 heavy (non-hydrogen) atoms. The van der Waals surface area contributed by atoms with Crippen LogP contribution in [0.2, 0.25) is 0 Å². The van der Waals surface area contributed by atoms with Crippen LogP contribution in [0.25, 0.3) is 0 Å². The van der Waals surface area contributed by atoms with Gasteiger partial charge in [-0.2, -0.15) is 0 Å². The maximum absolute atomic E-state index is 10.5. The van der Waals surface area contributed by atoms with Gasteiger partial charge < -0.3 is 10.6 Å². The molecule has 0 unspecified atom stereocenters. The van der Waals surface area contributed by atoms with Crippen molar-refractivity contribution in [3.63, 3.8) is 0 Å². The summed E-state index contributed by atoms with van der Waals surface area (Å²) < 4.78 is 0. The van der Waals surface area contributed by atoms with E-state index in [0.29, 0.717) is 19.0 Å². The Balaban J connectivity index is 2.66. The van der Waals surface area contributed by atoms with Gasteiger partial charge in [-0.3, -0.25) is 10.1 Å². The van der Waals surface area contributed by atoms with Gasteiger partial charge in [0.2, 0.25) is 0 Å². The fourth-order valence-electron chi connectivity index (χ4n) is 1.37. The summed E-state index contributed by atoms with van der Waals surface area (Å²) >= 11 is 0. The van der Waals surface area contributed by atoms with E-state index in [1.54, 1.807) is 12.1 Å². The zero-order valence-electron chi connectivity index (χ0n) is 10.7. The Morgan fingerprint density at radius 3 is 2.63 bits per heavy atom. The molecule has 1 rings (SSSR count). The van der Waals surface area contributed by atoms with Crippen molar-refractivity contribution in [3.05, 3.63) is 39.9 Å². The fourth-order valence-corrected chi connectivity index (χ4v) is 1.37. The largest absolute Gasteiger partial charge is 0.357 e. The zero-order valence-corrected chi connectivity index (χ0v) is 10.7. The lowest BCUT2D eigenvalue weighted by Gasteiger charge is -2.08. The van der Waals surface area contributed by atoms with E-state index < -0.39 is 4.92 Å². The Labute approximate surface area is 112 Å². The molecule has 6 heteroatoms. The minimum absolute atomic E-state index is 0.0742. The average molecular weight is 260 g/mol. The lowest BCUT2D eigenvalue weighted by molar-refractivity contribution is -0.384. The van der Waals surface area contributed by atoms with Crippen molar-refractivity contribution in [1.29, 1.82) is 0 Å². The third kappa shape index (κ3) is 5.08. The molecular formula is C13H16N4O2. The maximum Gasteiger partial charge on any atom is 0.269 e. The number of terminal acetylenes is 1. The topological polar surface area (TPSA) is 79.6 Å². The normalized spacial score (nSPS) is 10.6. The third-order valence-corrected chi connectivity index (χ3v) is 2.27. The molecule has 0 bridgehead atoms. The second-order valence-corrected chi connectivity index (χ2v) is 3.68. The van der Waals surface area contributed by atoms with Crippen molar-refractivity contribution in [2.75, 3.05) is 13.1 Å². The summed E-state index contributed by atoms with van der Waals surface area (Å²) in [6.07, 6.45) is 5.17. The standard InChI is InChI=1S/C13H16N4O2/c1-3-9-15-13(14-4-2)16-10-11-5-7-12(8-6-11)17(18)19/h1,5-8H,4,9-10H2,2H3,(H2,14,15,16). The van der Waals surface area contributed by atoms with Crippen molar-refractivity contribution >= 4 is 11.6 Å². The number of hydrogen-bond donors (Lipinski definition) is 2. The number of guanidine groups is 1. The minimum Gasteiger partial charge on any atom is -0.357 e. The first-order valence-electron chi connectivity index (χ1n) is 5.86. The molecule has 0 aliphatic rings. The van der Waals surface area contributed by atoms with Crippen LogP contribution in [0, 0.1) is 22.5 Å². The average Bonchev–Trinajstić information content (AvgIpc) is 2.42. The summed E-state index contributed by atoms with van der Waals surface area (Å²) in [5.74, 6) is 3.09. The first kappa shape index (κ1) is 14.5. The number of nitro benzene ring substituents is 1. The summed E-state index contributed by atoms with van der Waals surface area (Å²) in [5.41, 5.74) is 0.966. The molecule has 0 aliphatic heterocycles. The molecule has 0 atom stereocenters. The SMILES string of the molecule is C#CCNC(=NCc1ccc([N+](=O)[O-])cc1)NCC. The van der Waals surface area contributed by atoms with E-state index in [1.807, 2.05) is 6.92 Å². The first-order valence-corrected chi connectivity index (χ1v) is 5.86. The van der Waals surface area contributed by atoms with Crippen molar-refractivity contribution in [1.82, 2.24) is 10.6 Å². The van der Waals surface area contributed by atoms with E-state index in [4.69, 9.17) is 6.42 Å². The highest BCUT2D eigenvalue weighted by atomic mass is 16.6. The van der Waals surface area contributed by atoms with Gasteiger partial charge in [-0.15, -0.1) is 6.42 Å². The van der Waals surface area contributed by atoms with E-state index in [9.17, 15) is 10.1 Å². The highest BCUT2D eigenvalue weighted by Gasteiger charge is 2.03. The van der Waals surface area contributed by atoms with Crippen LogP contribution in [0.4, 0.5) is 5.69 Å². The van der Waals surface area contributed by atoms with Gasteiger partial charge in [0.05, 0.1) is 18.0 Å². The molecule has 1 aromatic rings. The van der Waals surface area contributed by atoms with Crippen molar-refractivity contribution in [3.8, 4) is 12.3 Å². The van der Waals surface area contributed by atoms with Crippen LogP contribution >= 0.6 is 0 Å². The number of nitro groups is 1. The molecule has 0 amide bonds. The van der Waals surface area contributed by atoms with Crippen LogP contribution in [-0.4, -0.2) is 24.0 Å². The van der Waals surface area contributed by atoms with Gasteiger partial charge in [0, 0.05) is 18.7 Å². The highest BCUT2D eigenvalue weighted by Crippen LogP contribution is 2.12.